The number of amides is 1. The van der Waals surface area contributed by atoms with Crippen LogP contribution in [0.15, 0.2) is 24.3 Å². The Morgan fingerprint density at radius 3 is 2.87 bits per heavy atom. The molecule has 1 N–H and O–H groups in total. The van der Waals surface area contributed by atoms with Gasteiger partial charge in [0.2, 0.25) is 5.88 Å². The minimum atomic E-state index is -0.154. The fourth-order valence-electron chi connectivity index (χ4n) is 4.39. The van der Waals surface area contributed by atoms with E-state index in [2.05, 4.69) is 21.5 Å². The van der Waals surface area contributed by atoms with Crippen molar-refractivity contribution < 1.29 is 14.3 Å². The van der Waals surface area contributed by atoms with Crippen molar-refractivity contribution in [3.05, 3.63) is 46.6 Å². The third-order valence-corrected chi connectivity index (χ3v) is 6.08. The van der Waals surface area contributed by atoms with Gasteiger partial charge < -0.3 is 14.8 Å². The lowest BCUT2D eigenvalue weighted by molar-refractivity contribution is -0.123. The van der Waals surface area contributed by atoms with E-state index >= 15 is 0 Å². The van der Waals surface area contributed by atoms with Crippen LogP contribution >= 0.6 is 0 Å². The van der Waals surface area contributed by atoms with E-state index in [0.29, 0.717) is 11.8 Å². The highest BCUT2D eigenvalue weighted by Gasteiger charge is 2.30. The molecule has 0 saturated heterocycles. The third kappa shape index (κ3) is 3.38. The zero-order chi connectivity index (χ0) is 20.8. The smallest absolute Gasteiger partial charge is 0.258 e. The van der Waals surface area contributed by atoms with Crippen LogP contribution < -0.4 is 14.8 Å². The molecule has 2 aliphatic carbocycles. The summed E-state index contributed by atoms with van der Waals surface area (Å²) in [6.45, 7) is 1.98. The molecule has 7 nitrogen and oxygen atoms in total. The number of nitrogens with zero attached hydrogens (tertiary/aromatic N) is 3. The molecule has 1 unspecified atom stereocenters. The highest BCUT2D eigenvalue weighted by molar-refractivity contribution is 5.84. The molecule has 0 spiro atoms. The van der Waals surface area contributed by atoms with E-state index in [1.807, 2.05) is 36.9 Å². The maximum atomic E-state index is 12.5. The monoisotopic (exact) mass is 406 g/mol. The SMILES string of the molecule is COc1ccc2c(c1)C(NC(=O)COc1cc(C)c3c(C4CC4)nn(C)c3n1)CC2. The van der Waals surface area contributed by atoms with Gasteiger partial charge in [0, 0.05) is 24.4 Å². The molecule has 1 aromatic carbocycles. The lowest BCUT2D eigenvalue weighted by Crippen LogP contribution is -2.31. The Kier molecular flexibility index (Phi) is 4.60. The summed E-state index contributed by atoms with van der Waals surface area (Å²) in [6.07, 6.45) is 4.23. The molecule has 0 aliphatic heterocycles. The first-order valence-corrected chi connectivity index (χ1v) is 10.5. The first-order valence-electron chi connectivity index (χ1n) is 10.5. The average Bonchev–Trinajstić information content (AvgIpc) is 3.44. The van der Waals surface area contributed by atoms with E-state index in [-0.39, 0.29) is 18.6 Å². The highest BCUT2D eigenvalue weighted by Crippen LogP contribution is 2.43. The fraction of sp³-hybridized carbons (Fsp3) is 0.435. The number of methoxy groups -OCH3 is 1. The standard InChI is InChI=1S/C23H26N4O3/c1-13-10-20(25-23-21(13)22(15-4-5-15)26-27(23)2)30-12-19(28)24-18-9-7-14-6-8-16(29-3)11-17(14)18/h6,8,10-11,15,18H,4-5,7,9,12H2,1-3H3,(H,24,28). The van der Waals surface area contributed by atoms with E-state index < -0.39 is 0 Å². The summed E-state index contributed by atoms with van der Waals surface area (Å²) < 4.78 is 12.9. The zero-order valence-electron chi connectivity index (χ0n) is 17.6. The fourth-order valence-corrected chi connectivity index (χ4v) is 4.39. The number of carbonyl (C=O) groups is 1. The van der Waals surface area contributed by atoms with Crippen molar-refractivity contribution in [3.63, 3.8) is 0 Å². The zero-order valence-corrected chi connectivity index (χ0v) is 17.6. The quantitative estimate of drug-likeness (QED) is 0.679. The molecule has 7 heteroatoms. The van der Waals surface area contributed by atoms with Crippen LogP contribution in [-0.4, -0.2) is 34.4 Å². The summed E-state index contributed by atoms with van der Waals surface area (Å²) >= 11 is 0. The van der Waals surface area contributed by atoms with Crippen molar-refractivity contribution >= 4 is 16.9 Å². The molecule has 1 saturated carbocycles. The summed E-state index contributed by atoms with van der Waals surface area (Å²) in [5, 5.41) is 8.86. The normalized spacial score (nSPS) is 17.8. The van der Waals surface area contributed by atoms with Gasteiger partial charge in [-0.2, -0.15) is 10.1 Å². The van der Waals surface area contributed by atoms with Crippen LogP contribution in [0.1, 0.15) is 53.6 Å². The van der Waals surface area contributed by atoms with Gasteiger partial charge in [-0.25, -0.2) is 0 Å². The predicted octanol–water partition coefficient (Wildman–Crippen LogP) is 3.35. The van der Waals surface area contributed by atoms with Gasteiger partial charge in [-0.15, -0.1) is 0 Å². The highest BCUT2D eigenvalue weighted by atomic mass is 16.5. The summed E-state index contributed by atoms with van der Waals surface area (Å²) in [7, 11) is 3.56. The van der Waals surface area contributed by atoms with Gasteiger partial charge in [0.1, 0.15) is 5.75 Å². The summed E-state index contributed by atoms with van der Waals surface area (Å²) in [5.74, 6) is 1.66. The van der Waals surface area contributed by atoms with Gasteiger partial charge in [0.25, 0.3) is 5.91 Å². The first kappa shape index (κ1) is 18.9. The van der Waals surface area contributed by atoms with E-state index in [4.69, 9.17) is 9.47 Å². The van der Waals surface area contributed by atoms with Crippen molar-refractivity contribution in [2.24, 2.45) is 7.05 Å². The molecule has 1 fully saturated rings. The van der Waals surface area contributed by atoms with Crippen LogP contribution in [0, 0.1) is 6.92 Å². The molecule has 1 amide bonds. The Bertz CT molecular complexity index is 1130. The van der Waals surface area contributed by atoms with Gasteiger partial charge in [-0.05, 0) is 61.4 Å². The molecule has 2 heterocycles. The second-order valence-corrected chi connectivity index (χ2v) is 8.27. The molecule has 30 heavy (non-hydrogen) atoms. The number of aromatic nitrogens is 3. The number of fused-ring (bicyclic) bond motifs is 2. The molecule has 0 radical (unpaired) electrons. The Morgan fingerprint density at radius 1 is 1.27 bits per heavy atom. The molecule has 156 valence electrons. The van der Waals surface area contributed by atoms with Gasteiger partial charge in [-0.3, -0.25) is 9.48 Å². The van der Waals surface area contributed by atoms with Crippen LogP contribution in [0.3, 0.4) is 0 Å². The summed E-state index contributed by atoms with van der Waals surface area (Å²) in [6, 6.07) is 7.93. The summed E-state index contributed by atoms with van der Waals surface area (Å²) in [5.41, 5.74) is 5.41. The number of hydrogen-bond donors (Lipinski definition) is 1. The van der Waals surface area contributed by atoms with Gasteiger partial charge in [0.05, 0.1) is 18.8 Å². The average molecular weight is 406 g/mol. The van der Waals surface area contributed by atoms with Gasteiger partial charge >= 0.3 is 0 Å². The number of nitrogens with one attached hydrogen (secondary N) is 1. The number of carbonyl (C=O) groups excluding carboxylic acids is 1. The molecule has 2 aliphatic rings. The van der Waals surface area contributed by atoms with Crippen LogP contribution in [-0.2, 0) is 18.3 Å². The van der Waals surface area contributed by atoms with E-state index in [9.17, 15) is 4.79 Å². The maximum absolute atomic E-state index is 12.5. The minimum Gasteiger partial charge on any atom is -0.497 e. The Labute approximate surface area is 175 Å². The van der Waals surface area contributed by atoms with Gasteiger partial charge in [0.15, 0.2) is 12.3 Å². The largest absolute Gasteiger partial charge is 0.497 e. The van der Waals surface area contributed by atoms with Crippen molar-refractivity contribution in [2.75, 3.05) is 13.7 Å². The van der Waals surface area contributed by atoms with Crippen molar-refractivity contribution in [2.45, 2.75) is 44.6 Å². The minimum absolute atomic E-state index is 0.0125. The van der Waals surface area contributed by atoms with E-state index in [1.54, 1.807) is 7.11 Å². The Morgan fingerprint density at radius 2 is 2.10 bits per heavy atom. The predicted molar refractivity (Wildman–Crippen MR) is 113 cm³/mol. The van der Waals surface area contributed by atoms with E-state index in [0.717, 1.165) is 46.4 Å². The van der Waals surface area contributed by atoms with Crippen molar-refractivity contribution in [1.29, 1.82) is 0 Å². The molecule has 5 rings (SSSR count). The van der Waals surface area contributed by atoms with Gasteiger partial charge in [-0.1, -0.05) is 6.07 Å². The third-order valence-electron chi connectivity index (χ3n) is 6.08. The van der Waals surface area contributed by atoms with Crippen molar-refractivity contribution in [1.82, 2.24) is 20.1 Å². The Balaban J connectivity index is 1.27. The first-order chi connectivity index (χ1) is 14.5. The van der Waals surface area contributed by atoms with Crippen LogP contribution in [0.4, 0.5) is 0 Å². The topological polar surface area (TPSA) is 78.3 Å². The number of pyridine rings is 1. The van der Waals surface area contributed by atoms with Crippen LogP contribution in [0.2, 0.25) is 0 Å². The molecule has 2 aromatic heterocycles. The molecule has 3 aromatic rings. The second kappa shape index (κ2) is 7.31. The Hall–Kier alpha value is -3.09. The molecular formula is C23H26N4O3. The molecule has 0 bridgehead atoms. The van der Waals surface area contributed by atoms with Crippen LogP contribution in [0.5, 0.6) is 11.6 Å². The number of rotatable bonds is 6. The van der Waals surface area contributed by atoms with Crippen molar-refractivity contribution in [3.8, 4) is 11.6 Å². The number of benzene rings is 1. The number of aryl methyl sites for hydroxylation is 3. The van der Waals surface area contributed by atoms with Crippen LogP contribution in [0.25, 0.3) is 11.0 Å². The number of ether oxygens (including phenoxy) is 2. The molecular weight excluding hydrogens is 380 g/mol. The van der Waals surface area contributed by atoms with E-state index in [1.165, 1.54) is 18.4 Å². The lowest BCUT2D eigenvalue weighted by atomic mass is 10.1. The lowest BCUT2D eigenvalue weighted by Gasteiger charge is -2.15. The molecule has 1 atom stereocenters. The summed E-state index contributed by atoms with van der Waals surface area (Å²) in [4.78, 5) is 17.2. The number of hydrogen-bond acceptors (Lipinski definition) is 5. The maximum Gasteiger partial charge on any atom is 0.258 e. The second-order valence-electron chi connectivity index (χ2n) is 8.27.